The lowest BCUT2D eigenvalue weighted by Crippen LogP contribution is -2.32. The van der Waals surface area contributed by atoms with Crippen molar-refractivity contribution < 1.29 is 0 Å². The summed E-state index contributed by atoms with van der Waals surface area (Å²) in [5.41, 5.74) is 7.47. The Morgan fingerprint density at radius 3 is 2.81 bits per heavy atom. The minimum absolute atomic E-state index is 0.101. The Morgan fingerprint density at radius 1 is 1.44 bits per heavy atom. The zero-order valence-electron chi connectivity index (χ0n) is 9.96. The SMILES string of the molecule is CC(C)(N)CCCNc1cccc(C#N)c1. The summed E-state index contributed by atoms with van der Waals surface area (Å²) in [7, 11) is 0. The van der Waals surface area contributed by atoms with Crippen molar-refractivity contribution in [3.8, 4) is 6.07 Å². The van der Waals surface area contributed by atoms with Crippen LogP contribution in [0, 0.1) is 11.3 Å². The van der Waals surface area contributed by atoms with E-state index in [1.807, 2.05) is 32.0 Å². The van der Waals surface area contributed by atoms with Crippen molar-refractivity contribution in [3.05, 3.63) is 29.8 Å². The number of anilines is 1. The fraction of sp³-hybridized carbons (Fsp3) is 0.462. The van der Waals surface area contributed by atoms with E-state index in [-0.39, 0.29) is 5.54 Å². The zero-order valence-corrected chi connectivity index (χ0v) is 9.96. The van der Waals surface area contributed by atoms with Crippen molar-refractivity contribution in [1.82, 2.24) is 0 Å². The molecule has 0 saturated heterocycles. The molecule has 3 nitrogen and oxygen atoms in total. The van der Waals surface area contributed by atoms with Gasteiger partial charge in [0.1, 0.15) is 0 Å². The molecule has 1 aromatic carbocycles. The molecule has 3 heteroatoms. The summed E-state index contributed by atoms with van der Waals surface area (Å²) in [6, 6.07) is 9.63. The van der Waals surface area contributed by atoms with Crippen molar-refractivity contribution in [1.29, 1.82) is 5.26 Å². The standard InChI is InChI=1S/C13H19N3/c1-13(2,15)7-4-8-16-12-6-3-5-11(9-12)10-14/h3,5-6,9,16H,4,7-8,15H2,1-2H3. The number of nitriles is 1. The molecule has 16 heavy (non-hydrogen) atoms. The highest BCUT2D eigenvalue weighted by Crippen LogP contribution is 2.11. The molecule has 0 heterocycles. The molecule has 0 spiro atoms. The van der Waals surface area contributed by atoms with Gasteiger partial charge in [-0.15, -0.1) is 0 Å². The molecule has 86 valence electrons. The van der Waals surface area contributed by atoms with Crippen LogP contribution in [0.4, 0.5) is 5.69 Å². The van der Waals surface area contributed by atoms with Crippen LogP contribution in [-0.2, 0) is 0 Å². The molecule has 1 rings (SSSR count). The summed E-state index contributed by atoms with van der Waals surface area (Å²) in [5.74, 6) is 0. The van der Waals surface area contributed by atoms with Crippen molar-refractivity contribution in [2.24, 2.45) is 5.73 Å². The molecule has 3 N–H and O–H groups in total. The molecular formula is C13H19N3. The monoisotopic (exact) mass is 217 g/mol. The van der Waals surface area contributed by atoms with E-state index >= 15 is 0 Å². The maximum atomic E-state index is 8.75. The van der Waals surface area contributed by atoms with Gasteiger partial charge in [0.05, 0.1) is 11.6 Å². The van der Waals surface area contributed by atoms with E-state index in [1.165, 1.54) is 0 Å². The van der Waals surface area contributed by atoms with Gasteiger partial charge in [-0.3, -0.25) is 0 Å². The third-order valence-corrected chi connectivity index (χ3v) is 2.32. The van der Waals surface area contributed by atoms with Gasteiger partial charge in [0, 0.05) is 17.8 Å². The Labute approximate surface area is 97.3 Å². The van der Waals surface area contributed by atoms with Crippen LogP contribution in [0.15, 0.2) is 24.3 Å². The Kier molecular flexibility index (Phi) is 4.33. The van der Waals surface area contributed by atoms with Gasteiger partial charge in [-0.25, -0.2) is 0 Å². The predicted octanol–water partition coefficient (Wildman–Crippen LogP) is 2.49. The van der Waals surface area contributed by atoms with E-state index in [2.05, 4.69) is 11.4 Å². The first-order valence-corrected chi connectivity index (χ1v) is 5.54. The number of hydrogen-bond acceptors (Lipinski definition) is 3. The number of rotatable bonds is 5. The minimum atomic E-state index is -0.101. The number of nitrogens with two attached hydrogens (primary N) is 1. The van der Waals surface area contributed by atoms with E-state index in [0.717, 1.165) is 25.1 Å². The van der Waals surface area contributed by atoms with E-state index in [1.54, 1.807) is 6.07 Å². The van der Waals surface area contributed by atoms with Crippen LogP contribution in [0.3, 0.4) is 0 Å². The highest BCUT2D eigenvalue weighted by Gasteiger charge is 2.08. The normalized spacial score (nSPS) is 10.9. The Morgan fingerprint density at radius 2 is 2.19 bits per heavy atom. The van der Waals surface area contributed by atoms with E-state index in [4.69, 9.17) is 11.0 Å². The third kappa shape index (κ3) is 4.81. The van der Waals surface area contributed by atoms with Gasteiger partial charge in [-0.1, -0.05) is 6.07 Å². The number of nitrogens with zero attached hydrogens (tertiary/aromatic N) is 1. The molecule has 0 fully saturated rings. The smallest absolute Gasteiger partial charge is 0.0992 e. The summed E-state index contributed by atoms with van der Waals surface area (Å²) in [6.07, 6.45) is 2.01. The second-order valence-electron chi connectivity index (χ2n) is 4.71. The largest absolute Gasteiger partial charge is 0.385 e. The van der Waals surface area contributed by atoms with Gasteiger partial charge < -0.3 is 11.1 Å². The topological polar surface area (TPSA) is 61.8 Å². The van der Waals surface area contributed by atoms with Crippen LogP contribution in [0.1, 0.15) is 32.3 Å². The molecule has 0 radical (unpaired) electrons. The van der Waals surface area contributed by atoms with Gasteiger partial charge in [0.15, 0.2) is 0 Å². The highest BCUT2D eigenvalue weighted by atomic mass is 14.9. The van der Waals surface area contributed by atoms with Crippen molar-refractivity contribution in [2.75, 3.05) is 11.9 Å². The molecule has 0 aliphatic carbocycles. The van der Waals surface area contributed by atoms with Gasteiger partial charge in [0.2, 0.25) is 0 Å². The summed E-state index contributed by atoms with van der Waals surface area (Å²) in [4.78, 5) is 0. The van der Waals surface area contributed by atoms with Crippen LogP contribution in [-0.4, -0.2) is 12.1 Å². The van der Waals surface area contributed by atoms with E-state index < -0.39 is 0 Å². The van der Waals surface area contributed by atoms with Gasteiger partial charge in [0.25, 0.3) is 0 Å². The van der Waals surface area contributed by atoms with Crippen LogP contribution in [0.2, 0.25) is 0 Å². The summed E-state index contributed by atoms with van der Waals surface area (Å²) in [6.45, 7) is 4.95. The molecule has 0 aliphatic rings. The number of benzene rings is 1. The quantitative estimate of drug-likeness (QED) is 0.745. The summed E-state index contributed by atoms with van der Waals surface area (Å²) in [5, 5.41) is 12.0. The first kappa shape index (κ1) is 12.5. The lowest BCUT2D eigenvalue weighted by molar-refractivity contribution is 0.465. The van der Waals surface area contributed by atoms with Crippen molar-refractivity contribution >= 4 is 5.69 Å². The number of nitrogens with one attached hydrogen (secondary N) is 1. The van der Waals surface area contributed by atoms with Gasteiger partial charge in [-0.2, -0.15) is 5.26 Å². The van der Waals surface area contributed by atoms with E-state index in [9.17, 15) is 0 Å². The third-order valence-electron chi connectivity index (χ3n) is 2.32. The zero-order chi connectivity index (χ0) is 12.0. The maximum Gasteiger partial charge on any atom is 0.0992 e. The van der Waals surface area contributed by atoms with Crippen LogP contribution >= 0.6 is 0 Å². The Hall–Kier alpha value is -1.53. The van der Waals surface area contributed by atoms with Gasteiger partial charge >= 0.3 is 0 Å². The molecular weight excluding hydrogens is 198 g/mol. The minimum Gasteiger partial charge on any atom is -0.385 e. The molecule has 0 bridgehead atoms. The van der Waals surface area contributed by atoms with Crippen LogP contribution in [0.25, 0.3) is 0 Å². The molecule has 0 saturated carbocycles. The van der Waals surface area contributed by atoms with Crippen molar-refractivity contribution in [3.63, 3.8) is 0 Å². The molecule has 0 unspecified atom stereocenters. The Balaban J connectivity index is 2.35. The second-order valence-corrected chi connectivity index (χ2v) is 4.71. The van der Waals surface area contributed by atoms with Crippen molar-refractivity contribution in [2.45, 2.75) is 32.2 Å². The number of hydrogen-bond donors (Lipinski definition) is 2. The fourth-order valence-corrected chi connectivity index (χ4v) is 1.48. The summed E-state index contributed by atoms with van der Waals surface area (Å²) >= 11 is 0. The van der Waals surface area contributed by atoms with Crippen LogP contribution in [0.5, 0.6) is 0 Å². The fourth-order valence-electron chi connectivity index (χ4n) is 1.48. The van der Waals surface area contributed by atoms with E-state index in [0.29, 0.717) is 5.56 Å². The summed E-state index contributed by atoms with van der Waals surface area (Å²) < 4.78 is 0. The first-order valence-electron chi connectivity index (χ1n) is 5.54. The molecule has 0 atom stereocenters. The molecule has 0 amide bonds. The maximum absolute atomic E-state index is 8.75. The molecule has 0 aliphatic heterocycles. The second kappa shape index (κ2) is 5.53. The highest BCUT2D eigenvalue weighted by molar-refractivity contribution is 5.48. The molecule has 1 aromatic rings. The predicted molar refractivity (Wildman–Crippen MR) is 67.1 cm³/mol. The Bertz CT molecular complexity index is 371. The first-order chi connectivity index (χ1) is 7.51. The lowest BCUT2D eigenvalue weighted by Gasteiger charge is -2.18. The van der Waals surface area contributed by atoms with Crippen LogP contribution < -0.4 is 11.1 Å². The lowest BCUT2D eigenvalue weighted by atomic mass is 10.0. The average Bonchev–Trinajstić information content (AvgIpc) is 2.23. The van der Waals surface area contributed by atoms with Gasteiger partial charge in [-0.05, 0) is 44.9 Å². The molecule has 0 aromatic heterocycles. The average molecular weight is 217 g/mol.